The number of rotatable bonds is 2. The fraction of sp³-hybridized carbons (Fsp3) is 0.833. The number of nitrogens with one attached hydrogen (secondary N) is 2. The van der Waals surface area contributed by atoms with Gasteiger partial charge in [-0.1, -0.05) is 6.54 Å². The largest absolute Gasteiger partial charge is 1.00 e. The summed E-state index contributed by atoms with van der Waals surface area (Å²) in [5, 5.41) is 8.17. The molecule has 0 heterocycles. The van der Waals surface area contributed by atoms with Crippen molar-refractivity contribution in [2.45, 2.75) is 20.0 Å². The first-order chi connectivity index (χ1) is 4.54. The summed E-state index contributed by atoms with van der Waals surface area (Å²) in [4.78, 5) is 9.62. The van der Waals surface area contributed by atoms with E-state index in [1.165, 1.54) is 6.92 Å². The summed E-state index contributed by atoms with van der Waals surface area (Å²) in [6, 6.07) is 0. The zero-order valence-corrected chi connectivity index (χ0v) is 8.83. The molecule has 0 aliphatic carbocycles. The van der Waals surface area contributed by atoms with Gasteiger partial charge in [-0.05, 0) is 13.8 Å². The number of aliphatic hydroxyl groups is 1. The molecule has 0 saturated carbocycles. The van der Waals surface area contributed by atoms with Crippen molar-refractivity contribution in [3.63, 3.8) is 0 Å². The van der Waals surface area contributed by atoms with Crippen molar-refractivity contribution < 1.29 is 44.0 Å². The molecule has 0 aromatic carbocycles. The minimum absolute atomic E-state index is 0. The van der Waals surface area contributed by atoms with Gasteiger partial charge in [-0.3, -0.25) is 0 Å². The summed E-state index contributed by atoms with van der Waals surface area (Å²) >= 11 is 0. The van der Waals surface area contributed by atoms with E-state index in [1.54, 1.807) is 6.92 Å². The van der Waals surface area contributed by atoms with E-state index >= 15 is 0 Å². The minimum Gasteiger partial charge on any atom is -0.675 e. The predicted octanol–water partition coefficient (Wildman–Crippen LogP) is 1.04. The van der Waals surface area contributed by atoms with E-state index in [4.69, 9.17) is 16.6 Å². The van der Waals surface area contributed by atoms with E-state index in [0.717, 1.165) is 0 Å². The zero-order chi connectivity index (χ0) is 8.57. The molecule has 0 aromatic rings. The van der Waals surface area contributed by atoms with Crippen LogP contribution in [0.3, 0.4) is 0 Å². The second-order valence-electron chi connectivity index (χ2n) is 1.93. The molecule has 0 amide bonds. The summed E-state index contributed by atoms with van der Waals surface area (Å²) in [5.74, 6) is -0.0787. The second-order valence-corrected chi connectivity index (χ2v) is 1.93. The van der Waals surface area contributed by atoms with E-state index in [-0.39, 0.29) is 53.0 Å². The first-order valence-corrected chi connectivity index (χ1v) is 3.01. The van der Waals surface area contributed by atoms with Crippen molar-refractivity contribution in [1.29, 1.82) is 0 Å². The van der Waals surface area contributed by atoms with Crippen LogP contribution in [0.1, 0.15) is 13.8 Å². The average molecular weight is 273 g/mol. The number of hydrogen-bond acceptors (Lipinski definition) is 2. The molecule has 12 heavy (non-hydrogen) atoms. The number of aliphatic hydroxyl groups excluding tert-OH is 1. The van der Waals surface area contributed by atoms with Crippen LogP contribution < -0.4 is 0 Å². The van der Waals surface area contributed by atoms with Gasteiger partial charge < -0.3 is 21.4 Å². The van der Waals surface area contributed by atoms with Crippen LogP contribution >= 0.6 is 0 Å². The van der Waals surface area contributed by atoms with E-state index < -0.39 is 6.10 Å². The van der Waals surface area contributed by atoms with Crippen LogP contribution in [0.25, 0.3) is 11.5 Å². The van der Waals surface area contributed by atoms with Crippen molar-refractivity contribution >= 4 is 5.78 Å². The van der Waals surface area contributed by atoms with E-state index in [1.807, 2.05) is 0 Å². The summed E-state index contributed by atoms with van der Waals surface area (Å²) in [6.07, 6.45) is -0.449. The van der Waals surface area contributed by atoms with Crippen molar-refractivity contribution in [2.24, 2.45) is 0 Å². The van der Waals surface area contributed by atoms with Crippen molar-refractivity contribution in [3.05, 3.63) is 11.5 Å². The summed E-state index contributed by atoms with van der Waals surface area (Å²) in [5.41, 5.74) is 12.7. The molecular weight excluding hydrogens is 259 g/mol. The van der Waals surface area contributed by atoms with Gasteiger partial charge in [0.15, 0.2) is 0 Å². The maximum Gasteiger partial charge on any atom is 1.00 e. The maximum absolute atomic E-state index is 9.62. The molecule has 6 heteroatoms. The molecule has 0 radical (unpaired) electrons. The van der Waals surface area contributed by atoms with E-state index in [2.05, 4.69) is 0 Å². The number of hydrogen-bond donors (Lipinski definition) is 1. The van der Waals surface area contributed by atoms with Gasteiger partial charge in [0.2, 0.25) is 0 Å². The van der Waals surface area contributed by atoms with Gasteiger partial charge in [0.1, 0.15) is 5.78 Å². The van der Waals surface area contributed by atoms with Gasteiger partial charge in [-0.2, -0.15) is 0 Å². The van der Waals surface area contributed by atoms with Gasteiger partial charge in [0.05, 0.1) is 0 Å². The van der Waals surface area contributed by atoms with Gasteiger partial charge in [0, 0.05) is 6.10 Å². The van der Waals surface area contributed by atoms with Crippen molar-refractivity contribution in [3.8, 4) is 0 Å². The van der Waals surface area contributed by atoms with E-state index in [9.17, 15) is 4.79 Å². The average Bonchev–Trinajstić information content (AvgIpc) is 1.89. The Bertz CT molecular complexity index is 91.6. The molecule has 82 valence electrons. The second kappa shape index (κ2) is 17.6. The molecule has 0 aliphatic heterocycles. The molecule has 0 saturated heterocycles. The molecule has 0 aromatic heterocycles. The number of carbonyl (C=O) groups excluding carboxylic acids is 1. The molecule has 3 N–H and O–H groups in total. The molecule has 0 rings (SSSR count). The maximum atomic E-state index is 9.62. The minimum atomic E-state index is -0.449. The normalized spacial score (nSPS) is 9.42. The van der Waals surface area contributed by atoms with Crippen LogP contribution in [0.5, 0.6) is 0 Å². The summed E-state index contributed by atoms with van der Waals surface area (Å²) in [7, 11) is 0. The number of carbonyl (C=O) groups is 1. The third-order valence-corrected chi connectivity index (χ3v) is 0.544. The molecule has 0 bridgehead atoms. The smallest absolute Gasteiger partial charge is 0.675 e. The SMILES string of the molecule is CC(=O)C[NH-].CC(O)C[NH-].[Cu+].[Cu+]. The Morgan fingerprint density at radius 1 is 1.42 bits per heavy atom. The molecule has 0 fully saturated rings. The van der Waals surface area contributed by atoms with Crippen molar-refractivity contribution in [1.82, 2.24) is 0 Å². The van der Waals surface area contributed by atoms with Gasteiger partial charge in [0.25, 0.3) is 0 Å². The number of ketones is 1. The Morgan fingerprint density at radius 3 is 1.58 bits per heavy atom. The van der Waals surface area contributed by atoms with Crippen LogP contribution in [-0.4, -0.2) is 30.1 Å². The summed E-state index contributed by atoms with van der Waals surface area (Å²) < 4.78 is 0. The fourth-order valence-corrected chi connectivity index (χ4v) is 0. The van der Waals surface area contributed by atoms with Crippen LogP contribution in [-0.2, 0) is 38.9 Å². The van der Waals surface area contributed by atoms with Gasteiger partial charge in [-0.25, -0.2) is 0 Å². The van der Waals surface area contributed by atoms with Crippen LogP contribution in [0, 0.1) is 0 Å². The third-order valence-electron chi connectivity index (χ3n) is 0.544. The fourth-order valence-electron chi connectivity index (χ4n) is 0. The topological polar surface area (TPSA) is 84.9 Å². The zero-order valence-electron chi connectivity index (χ0n) is 6.95. The first-order valence-electron chi connectivity index (χ1n) is 3.01. The van der Waals surface area contributed by atoms with Gasteiger partial charge in [-0.15, -0.1) is 6.54 Å². The first kappa shape index (κ1) is 22.9. The Labute approximate surface area is 94.4 Å². The predicted molar refractivity (Wildman–Crippen MR) is 40.7 cm³/mol. The van der Waals surface area contributed by atoms with Crippen LogP contribution in [0.4, 0.5) is 0 Å². The van der Waals surface area contributed by atoms with Crippen molar-refractivity contribution in [2.75, 3.05) is 13.1 Å². The molecule has 0 aliphatic rings. The quantitative estimate of drug-likeness (QED) is 0.762. The molecule has 1 atom stereocenters. The Kier molecular flexibility index (Phi) is 33.6. The Hall–Kier alpha value is 0.589. The molecular formula is C6H14Cu2N2O2. The Balaban J connectivity index is -0.0000000457. The van der Waals surface area contributed by atoms with Crippen LogP contribution in [0.15, 0.2) is 0 Å². The Morgan fingerprint density at radius 2 is 1.58 bits per heavy atom. The third kappa shape index (κ3) is 46.2. The summed E-state index contributed by atoms with van der Waals surface area (Å²) in [6.45, 7) is 3.01. The molecule has 4 nitrogen and oxygen atoms in total. The monoisotopic (exact) mass is 272 g/mol. The van der Waals surface area contributed by atoms with Crippen LogP contribution in [0.2, 0.25) is 0 Å². The van der Waals surface area contributed by atoms with Gasteiger partial charge >= 0.3 is 34.1 Å². The van der Waals surface area contributed by atoms with E-state index in [0.29, 0.717) is 0 Å². The standard InChI is InChI=1S/C3H8NO.C3H6NO.2Cu/c2*1-3(5)2-4;;/h3-5H,2H2,1H3;4H,2H2,1H3;;/q2*-1;2*+1. The molecule has 1 unspecified atom stereocenters. The molecule has 0 spiro atoms. The number of Topliss-reactive ketones (excluding diaryl/α,β-unsaturated/α-hetero) is 1.